The number of nitrogens with one attached hydrogen (secondary N) is 1. The molecule has 0 aromatic carbocycles. The van der Waals surface area contributed by atoms with Gasteiger partial charge in [0.25, 0.3) is 0 Å². The zero-order chi connectivity index (χ0) is 19.8. The molecule has 0 bridgehead atoms. The molecule has 1 N–H and O–H groups in total. The first-order valence-corrected chi connectivity index (χ1v) is 10.4. The van der Waals surface area contributed by atoms with Crippen LogP contribution in [-0.4, -0.2) is 70.7 Å². The van der Waals surface area contributed by atoms with Crippen molar-refractivity contribution < 1.29 is 9.53 Å². The lowest BCUT2D eigenvalue weighted by Gasteiger charge is -2.42. The Morgan fingerprint density at radius 1 is 1.28 bits per heavy atom. The van der Waals surface area contributed by atoms with E-state index in [4.69, 9.17) is 4.74 Å². The Morgan fingerprint density at radius 3 is 3.07 bits per heavy atom. The largest absolute Gasteiger partial charge is 0.384 e. The molecule has 7 nitrogen and oxygen atoms in total. The summed E-state index contributed by atoms with van der Waals surface area (Å²) in [6, 6.07) is 4.24. The average molecular weight is 393 g/mol. The number of piperidine rings is 1. The minimum absolute atomic E-state index is 0.153. The lowest BCUT2D eigenvalue weighted by Crippen LogP contribution is -2.51. The molecule has 3 unspecified atom stereocenters. The minimum Gasteiger partial charge on any atom is -0.384 e. The van der Waals surface area contributed by atoms with E-state index in [1.807, 2.05) is 23.5 Å². The molecule has 5 heterocycles. The third kappa shape index (κ3) is 3.28. The van der Waals surface area contributed by atoms with E-state index >= 15 is 0 Å². The molecule has 0 saturated carbocycles. The van der Waals surface area contributed by atoms with Gasteiger partial charge in [-0.15, -0.1) is 0 Å². The maximum Gasteiger partial charge on any atom is 0.210 e. The van der Waals surface area contributed by atoms with Crippen molar-refractivity contribution in [2.45, 2.75) is 31.3 Å². The van der Waals surface area contributed by atoms with Crippen molar-refractivity contribution in [2.75, 3.05) is 33.4 Å². The maximum absolute atomic E-state index is 11.8. The van der Waals surface area contributed by atoms with Crippen molar-refractivity contribution in [3.8, 4) is 0 Å². The first-order chi connectivity index (χ1) is 14.3. The monoisotopic (exact) mass is 393 g/mol. The van der Waals surface area contributed by atoms with E-state index < -0.39 is 0 Å². The van der Waals surface area contributed by atoms with Gasteiger partial charge in [-0.3, -0.25) is 14.7 Å². The van der Waals surface area contributed by atoms with Gasteiger partial charge in [-0.05, 0) is 48.8 Å². The number of nitrogens with zero attached hydrogens (tertiary/aromatic N) is 4. The summed E-state index contributed by atoms with van der Waals surface area (Å²) in [5.41, 5.74) is 3.16. The summed E-state index contributed by atoms with van der Waals surface area (Å²) < 4.78 is 5.36. The number of aromatic nitrogens is 3. The average Bonchev–Trinajstić information content (AvgIpc) is 3.42. The third-order valence-corrected chi connectivity index (χ3v) is 6.65. The molecule has 2 aliphatic rings. The number of pyridine rings is 2. The first-order valence-electron chi connectivity index (χ1n) is 10.4. The molecular formula is C22H27N5O2. The van der Waals surface area contributed by atoms with Crippen LogP contribution in [0.15, 0.2) is 30.7 Å². The van der Waals surface area contributed by atoms with E-state index in [2.05, 4.69) is 32.0 Å². The SMILES string of the molecule is COCC1CCN(C2CC(c3ccnc4cnc5[nH]ccc5c34)CCN2C=O)C1. The molecule has 152 valence electrons. The molecule has 0 radical (unpaired) electrons. The fourth-order valence-corrected chi connectivity index (χ4v) is 5.25. The van der Waals surface area contributed by atoms with Crippen LogP contribution in [0.25, 0.3) is 21.9 Å². The second-order valence-corrected chi connectivity index (χ2v) is 8.31. The number of fused-ring (bicyclic) bond motifs is 3. The van der Waals surface area contributed by atoms with Gasteiger partial charge in [0.15, 0.2) is 0 Å². The zero-order valence-corrected chi connectivity index (χ0v) is 16.8. The van der Waals surface area contributed by atoms with Gasteiger partial charge < -0.3 is 14.6 Å². The van der Waals surface area contributed by atoms with Crippen LogP contribution in [0.1, 0.15) is 30.7 Å². The van der Waals surface area contributed by atoms with Gasteiger partial charge in [0.1, 0.15) is 5.65 Å². The van der Waals surface area contributed by atoms with Crippen LogP contribution in [0.2, 0.25) is 0 Å². The molecule has 7 heteroatoms. The molecule has 2 fully saturated rings. The predicted octanol–water partition coefficient (Wildman–Crippen LogP) is 2.74. The summed E-state index contributed by atoms with van der Waals surface area (Å²) in [6.07, 6.45) is 9.92. The van der Waals surface area contributed by atoms with Gasteiger partial charge in [0.05, 0.1) is 24.5 Å². The standard InChI is InChI=1S/C22H27N5O2/c1-29-13-15-4-8-26(12-15)20-10-16(5-9-27(20)14-28)17-2-6-23-19-11-25-22-18(21(17)19)3-7-24-22/h2-3,6-7,11,14-16,20H,4-5,8-10,12-13H2,1H3,(H,24,25). The molecule has 3 atom stereocenters. The summed E-state index contributed by atoms with van der Waals surface area (Å²) in [5.74, 6) is 0.949. The van der Waals surface area contributed by atoms with Gasteiger partial charge in [0, 0.05) is 49.9 Å². The molecule has 2 saturated heterocycles. The van der Waals surface area contributed by atoms with Crippen molar-refractivity contribution in [2.24, 2.45) is 5.92 Å². The normalized spacial score (nSPS) is 25.8. The van der Waals surface area contributed by atoms with Crippen molar-refractivity contribution in [1.29, 1.82) is 0 Å². The van der Waals surface area contributed by atoms with Crippen molar-refractivity contribution >= 4 is 28.3 Å². The molecule has 3 aromatic rings. The number of carbonyl (C=O) groups excluding carboxylic acids is 1. The zero-order valence-electron chi connectivity index (χ0n) is 16.8. The number of likely N-dealkylation sites (tertiary alicyclic amines) is 2. The van der Waals surface area contributed by atoms with Crippen LogP contribution in [0, 0.1) is 5.92 Å². The third-order valence-electron chi connectivity index (χ3n) is 6.65. The van der Waals surface area contributed by atoms with Crippen LogP contribution in [-0.2, 0) is 9.53 Å². The smallest absolute Gasteiger partial charge is 0.210 e. The van der Waals surface area contributed by atoms with Crippen LogP contribution >= 0.6 is 0 Å². The Balaban J connectivity index is 1.48. The summed E-state index contributed by atoms with van der Waals surface area (Å²) in [7, 11) is 1.77. The fourth-order valence-electron chi connectivity index (χ4n) is 5.25. The number of amides is 1. The highest BCUT2D eigenvalue weighted by molar-refractivity contribution is 6.05. The molecule has 0 aliphatic carbocycles. The number of methoxy groups -OCH3 is 1. The first kappa shape index (κ1) is 18.5. The second kappa shape index (κ2) is 7.72. The minimum atomic E-state index is 0.153. The van der Waals surface area contributed by atoms with Crippen molar-refractivity contribution in [3.05, 3.63) is 36.3 Å². The number of rotatable bonds is 5. The highest BCUT2D eigenvalue weighted by Gasteiger charge is 2.36. The molecule has 1 amide bonds. The topological polar surface area (TPSA) is 74.3 Å². The Hall–Kier alpha value is -2.51. The lowest BCUT2D eigenvalue weighted by atomic mass is 9.85. The number of H-pyrrole nitrogens is 1. The molecular weight excluding hydrogens is 366 g/mol. The number of carbonyl (C=O) groups is 1. The van der Waals surface area contributed by atoms with Gasteiger partial charge in [-0.2, -0.15) is 0 Å². The van der Waals surface area contributed by atoms with Gasteiger partial charge in [0.2, 0.25) is 6.41 Å². The summed E-state index contributed by atoms with van der Waals surface area (Å²) >= 11 is 0. The molecule has 5 rings (SSSR count). The predicted molar refractivity (Wildman–Crippen MR) is 111 cm³/mol. The molecule has 3 aromatic heterocycles. The van der Waals surface area contributed by atoms with E-state index in [-0.39, 0.29) is 6.17 Å². The van der Waals surface area contributed by atoms with Crippen LogP contribution in [0.3, 0.4) is 0 Å². The lowest BCUT2D eigenvalue weighted by molar-refractivity contribution is -0.126. The quantitative estimate of drug-likeness (QED) is 0.675. The summed E-state index contributed by atoms with van der Waals surface area (Å²) in [6.45, 7) is 3.61. The second-order valence-electron chi connectivity index (χ2n) is 8.31. The van der Waals surface area contributed by atoms with Crippen LogP contribution in [0.5, 0.6) is 0 Å². The highest BCUT2D eigenvalue weighted by atomic mass is 16.5. The fraction of sp³-hybridized carbons (Fsp3) is 0.500. The Bertz CT molecular complexity index is 1020. The maximum atomic E-state index is 11.8. The van der Waals surface area contributed by atoms with Gasteiger partial charge in [-0.25, -0.2) is 4.98 Å². The van der Waals surface area contributed by atoms with Crippen molar-refractivity contribution in [1.82, 2.24) is 24.8 Å². The van der Waals surface area contributed by atoms with Crippen LogP contribution < -0.4 is 0 Å². The Kier molecular flexibility index (Phi) is 4.93. The number of hydrogen-bond donors (Lipinski definition) is 1. The summed E-state index contributed by atoms with van der Waals surface area (Å²) in [5, 5.41) is 2.32. The molecule has 29 heavy (non-hydrogen) atoms. The number of ether oxygens (including phenoxy) is 1. The Labute approximate surface area is 170 Å². The number of aromatic amines is 1. The van der Waals surface area contributed by atoms with Crippen LogP contribution in [0.4, 0.5) is 0 Å². The Morgan fingerprint density at radius 2 is 2.21 bits per heavy atom. The summed E-state index contributed by atoms with van der Waals surface area (Å²) in [4.78, 5) is 28.5. The van der Waals surface area contributed by atoms with E-state index in [0.29, 0.717) is 11.8 Å². The van der Waals surface area contributed by atoms with Gasteiger partial charge in [-0.1, -0.05) is 0 Å². The molecule has 2 aliphatic heterocycles. The van der Waals surface area contributed by atoms with E-state index in [1.165, 1.54) is 10.9 Å². The highest BCUT2D eigenvalue weighted by Crippen LogP contribution is 2.38. The van der Waals surface area contributed by atoms with E-state index in [1.54, 1.807) is 7.11 Å². The van der Waals surface area contributed by atoms with E-state index in [0.717, 1.165) is 68.5 Å². The van der Waals surface area contributed by atoms with E-state index in [9.17, 15) is 4.79 Å². The molecule has 0 spiro atoms. The van der Waals surface area contributed by atoms with Crippen molar-refractivity contribution in [3.63, 3.8) is 0 Å². The van der Waals surface area contributed by atoms with Gasteiger partial charge >= 0.3 is 0 Å². The number of hydrogen-bond acceptors (Lipinski definition) is 5.